The number of hydrogen-bond donors (Lipinski definition) is 0. The summed E-state index contributed by atoms with van der Waals surface area (Å²) in [5, 5.41) is 0. The molecule has 1 nitrogen and oxygen atoms in total. The molecule has 0 saturated carbocycles. The number of rotatable bonds is 17. The molecule has 0 atom stereocenters. The van der Waals surface area contributed by atoms with E-state index in [1.165, 1.54) is 109 Å². The third-order valence-corrected chi connectivity index (χ3v) is 5.85. The topological polar surface area (TPSA) is 3.24 Å². The third-order valence-electron chi connectivity index (χ3n) is 5.85. The second-order valence-corrected chi connectivity index (χ2v) is 10.8. The van der Waals surface area contributed by atoms with Crippen LogP contribution in [0, 0.1) is 0 Å². The van der Waals surface area contributed by atoms with Gasteiger partial charge in [-0.05, 0) is 54.5 Å². The largest absolute Gasteiger partial charge is 0.294 e. The first kappa shape index (κ1) is 27.0. The summed E-state index contributed by atoms with van der Waals surface area (Å²) in [5.41, 5.74) is 0.543. The van der Waals surface area contributed by atoms with Gasteiger partial charge >= 0.3 is 0 Å². The van der Waals surface area contributed by atoms with E-state index in [9.17, 15) is 0 Å². The van der Waals surface area contributed by atoms with Gasteiger partial charge in [-0.1, -0.05) is 103 Å². The molecule has 0 aliphatic rings. The van der Waals surface area contributed by atoms with Crippen LogP contribution in [0.4, 0.5) is 0 Å². The van der Waals surface area contributed by atoms with Crippen LogP contribution >= 0.6 is 0 Å². The highest BCUT2D eigenvalue weighted by Gasteiger charge is 2.30. The van der Waals surface area contributed by atoms with Gasteiger partial charge in [0.05, 0.1) is 0 Å². The molecule has 0 aromatic carbocycles. The average Bonchev–Trinajstić information content (AvgIpc) is 2.55. The van der Waals surface area contributed by atoms with Crippen LogP contribution in [0.25, 0.3) is 0 Å². The van der Waals surface area contributed by atoms with E-state index >= 15 is 0 Å². The van der Waals surface area contributed by atoms with E-state index in [1.807, 2.05) is 0 Å². The van der Waals surface area contributed by atoms with Crippen LogP contribution in [0.2, 0.25) is 0 Å². The maximum absolute atomic E-state index is 2.67. The van der Waals surface area contributed by atoms with E-state index in [1.54, 1.807) is 0 Å². The third kappa shape index (κ3) is 16.6. The Morgan fingerprint density at radius 3 is 0.926 bits per heavy atom. The van der Waals surface area contributed by atoms with Crippen molar-refractivity contribution in [1.82, 2.24) is 4.90 Å². The summed E-state index contributed by atoms with van der Waals surface area (Å²) in [6, 6.07) is 0. The van der Waals surface area contributed by atoms with E-state index in [0.717, 1.165) is 0 Å². The van der Waals surface area contributed by atoms with Gasteiger partial charge in [0.1, 0.15) is 0 Å². The molecular formula is C26H55N. The molecule has 0 fully saturated rings. The Morgan fingerprint density at radius 1 is 0.407 bits per heavy atom. The quantitative estimate of drug-likeness (QED) is 0.227. The lowest BCUT2D eigenvalue weighted by molar-refractivity contribution is 0.0367. The van der Waals surface area contributed by atoms with Crippen molar-refractivity contribution < 1.29 is 0 Å². The van der Waals surface area contributed by atoms with Crippen molar-refractivity contribution in [2.24, 2.45) is 0 Å². The maximum atomic E-state index is 2.67. The van der Waals surface area contributed by atoms with Gasteiger partial charge in [-0.2, -0.15) is 0 Å². The van der Waals surface area contributed by atoms with Crippen LogP contribution in [0.15, 0.2) is 0 Å². The summed E-state index contributed by atoms with van der Waals surface area (Å²) in [6.07, 6.45) is 23.1. The van der Waals surface area contributed by atoms with Crippen LogP contribution < -0.4 is 0 Å². The van der Waals surface area contributed by atoms with Gasteiger partial charge in [-0.15, -0.1) is 0 Å². The minimum absolute atomic E-state index is 0.272. The number of hydrogen-bond acceptors (Lipinski definition) is 1. The average molecular weight is 382 g/mol. The predicted octanol–water partition coefficient (Wildman–Crippen LogP) is 9.15. The van der Waals surface area contributed by atoms with Crippen molar-refractivity contribution in [1.29, 1.82) is 0 Å². The first-order valence-electron chi connectivity index (χ1n) is 12.5. The Kier molecular flexibility index (Phi) is 15.8. The fourth-order valence-corrected chi connectivity index (χ4v) is 4.50. The lowest BCUT2D eigenvalue weighted by Gasteiger charge is -2.45. The molecule has 0 rings (SSSR count). The minimum atomic E-state index is 0.272. The number of unbranched alkanes of at least 4 members (excludes halogenated alkanes) is 15. The normalized spacial score (nSPS) is 12.9. The molecule has 0 aliphatic carbocycles. The molecular weight excluding hydrogens is 326 g/mol. The van der Waals surface area contributed by atoms with Crippen LogP contribution in [0.1, 0.15) is 151 Å². The highest BCUT2D eigenvalue weighted by atomic mass is 15.2. The highest BCUT2D eigenvalue weighted by Crippen LogP contribution is 2.25. The molecule has 0 spiro atoms. The van der Waals surface area contributed by atoms with Crippen molar-refractivity contribution in [2.45, 2.75) is 162 Å². The summed E-state index contributed by atoms with van der Waals surface area (Å²) in [5.74, 6) is 0. The zero-order valence-corrected chi connectivity index (χ0v) is 20.5. The van der Waals surface area contributed by atoms with Crippen molar-refractivity contribution in [3.05, 3.63) is 0 Å². The molecule has 0 amide bonds. The molecule has 0 bridgehead atoms. The van der Waals surface area contributed by atoms with Gasteiger partial charge in [-0.25, -0.2) is 0 Å². The lowest BCUT2D eigenvalue weighted by atomic mass is 9.95. The Bertz CT molecular complexity index is 293. The molecule has 0 N–H and O–H groups in total. The Balaban J connectivity index is 3.40. The monoisotopic (exact) mass is 381 g/mol. The summed E-state index contributed by atoms with van der Waals surface area (Å²) in [4.78, 5) is 2.67. The first-order valence-corrected chi connectivity index (χ1v) is 12.5. The van der Waals surface area contributed by atoms with E-state index in [-0.39, 0.29) is 11.1 Å². The Labute approximate surface area is 174 Å². The molecule has 27 heavy (non-hydrogen) atoms. The lowest BCUT2D eigenvalue weighted by Crippen LogP contribution is -2.52. The van der Waals surface area contributed by atoms with Gasteiger partial charge in [-0.3, -0.25) is 4.90 Å². The van der Waals surface area contributed by atoms with Crippen LogP contribution in [0.3, 0.4) is 0 Å². The van der Waals surface area contributed by atoms with Crippen molar-refractivity contribution in [2.75, 3.05) is 6.54 Å². The second kappa shape index (κ2) is 15.8. The number of nitrogens with zero attached hydrogens (tertiary/aromatic N) is 1. The zero-order chi connectivity index (χ0) is 20.6. The van der Waals surface area contributed by atoms with E-state index < -0.39 is 0 Å². The highest BCUT2D eigenvalue weighted by molar-refractivity contribution is 4.86. The minimum Gasteiger partial charge on any atom is -0.294 e. The smallest absolute Gasteiger partial charge is 0.0130 e. The van der Waals surface area contributed by atoms with Crippen LogP contribution in [-0.2, 0) is 0 Å². The SMILES string of the molecule is CCCCCCCCCCCCCCCCCCN(C(C)(C)C)C(C)(C)C. The fourth-order valence-electron chi connectivity index (χ4n) is 4.50. The molecule has 164 valence electrons. The first-order chi connectivity index (χ1) is 12.7. The van der Waals surface area contributed by atoms with Crippen LogP contribution in [-0.4, -0.2) is 22.5 Å². The van der Waals surface area contributed by atoms with Crippen molar-refractivity contribution in [3.63, 3.8) is 0 Å². The molecule has 0 aliphatic heterocycles. The van der Waals surface area contributed by atoms with Crippen molar-refractivity contribution >= 4 is 0 Å². The van der Waals surface area contributed by atoms with Gasteiger partial charge in [0.15, 0.2) is 0 Å². The standard InChI is InChI=1S/C26H55N/c1-8-9-10-11-12-13-14-15-16-17-18-19-20-21-22-23-24-27(25(2,3)4)26(5,6)7/h8-24H2,1-7H3. The molecule has 0 aromatic heterocycles. The molecule has 0 heterocycles. The van der Waals surface area contributed by atoms with E-state index in [0.29, 0.717) is 0 Å². The van der Waals surface area contributed by atoms with Gasteiger partial charge in [0, 0.05) is 11.1 Å². The molecule has 0 radical (unpaired) electrons. The maximum Gasteiger partial charge on any atom is 0.0130 e. The van der Waals surface area contributed by atoms with E-state index in [2.05, 4.69) is 53.4 Å². The van der Waals surface area contributed by atoms with E-state index in [4.69, 9.17) is 0 Å². The van der Waals surface area contributed by atoms with Gasteiger partial charge in [0.25, 0.3) is 0 Å². The van der Waals surface area contributed by atoms with Crippen LogP contribution in [0.5, 0.6) is 0 Å². The van der Waals surface area contributed by atoms with Gasteiger partial charge < -0.3 is 0 Å². The Morgan fingerprint density at radius 2 is 0.667 bits per heavy atom. The fraction of sp³-hybridized carbons (Fsp3) is 1.00. The molecule has 1 heteroatoms. The van der Waals surface area contributed by atoms with Crippen molar-refractivity contribution in [3.8, 4) is 0 Å². The summed E-state index contributed by atoms with van der Waals surface area (Å²) >= 11 is 0. The second-order valence-electron chi connectivity index (χ2n) is 10.8. The summed E-state index contributed by atoms with van der Waals surface area (Å²) in [6.45, 7) is 17.7. The molecule has 0 saturated heterocycles. The molecule has 0 aromatic rings. The van der Waals surface area contributed by atoms with Gasteiger partial charge in [0.2, 0.25) is 0 Å². The zero-order valence-electron chi connectivity index (χ0n) is 20.5. The molecule has 0 unspecified atom stereocenters. The summed E-state index contributed by atoms with van der Waals surface area (Å²) in [7, 11) is 0. The predicted molar refractivity (Wildman–Crippen MR) is 126 cm³/mol. The Hall–Kier alpha value is -0.0400. The summed E-state index contributed by atoms with van der Waals surface area (Å²) < 4.78 is 0.